The molecule has 1 aliphatic carbocycles. The van der Waals surface area contributed by atoms with Gasteiger partial charge in [-0.3, -0.25) is 0 Å². The highest BCUT2D eigenvalue weighted by Crippen LogP contribution is 2.45. The Balaban J connectivity index is 0.00000165. The number of nitrogens with zero attached hydrogens (tertiary/aromatic N) is 1. The second-order valence-electron chi connectivity index (χ2n) is 12.7. The second-order valence-corrected chi connectivity index (χ2v) is 13.8. The van der Waals surface area contributed by atoms with Crippen LogP contribution in [0.25, 0.3) is 86.3 Å². The van der Waals surface area contributed by atoms with Crippen molar-refractivity contribution in [2.75, 3.05) is 0 Å². The second kappa shape index (κ2) is 12.2. The third kappa shape index (κ3) is 4.79. The maximum atomic E-state index is 4.66. The van der Waals surface area contributed by atoms with Crippen molar-refractivity contribution in [2.45, 2.75) is 26.3 Å². The van der Waals surface area contributed by atoms with Crippen molar-refractivity contribution < 1.29 is 0 Å². The lowest BCUT2D eigenvalue weighted by Gasteiger charge is -2.20. The minimum Gasteiger partial charge on any atom is -0.378 e. The average Bonchev–Trinajstić information content (AvgIpc) is 3.84. The van der Waals surface area contributed by atoms with Gasteiger partial charge in [0.2, 0.25) is 0 Å². The Hall–Kier alpha value is -5.84. The zero-order valence-corrected chi connectivity index (χ0v) is 29.0. The largest absolute Gasteiger partial charge is 0.378 e. The summed E-state index contributed by atoms with van der Waals surface area (Å²) in [6, 6.07) is 44.5. The van der Waals surface area contributed by atoms with Crippen LogP contribution in [-0.4, -0.2) is 15.6 Å². The van der Waals surface area contributed by atoms with Gasteiger partial charge in [-0.25, -0.2) is 0 Å². The van der Waals surface area contributed by atoms with E-state index >= 15 is 0 Å². The number of benzene rings is 6. The summed E-state index contributed by atoms with van der Waals surface area (Å²) >= 11 is 1.86. The fourth-order valence-corrected chi connectivity index (χ4v) is 8.85. The molecule has 1 aliphatic rings. The van der Waals surface area contributed by atoms with E-state index < -0.39 is 0 Å². The van der Waals surface area contributed by atoms with E-state index in [1.165, 1.54) is 69.6 Å². The average molecular weight is 664 g/mol. The molecule has 1 unspecified atom stereocenters. The monoisotopic (exact) mass is 663 g/mol. The van der Waals surface area contributed by atoms with Gasteiger partial charge in [-0.1, -0.05) is 111 Å². The van der Waals surface area contributed by atoms with Gasteiger partial charge in [-0.05, 0) is 72.1 Å². The van der Waals surface area contributed by atoms with Crippen molar-refractivity contribution in [1.82, 2.24) is 14.9 Å². The van der Waals surface area contributed by atoms with Crippen LogP contribution in [0.5, 0.6) is 0 Å². The molecule has 50 heavy (non-hydrogen) atoms. The Bertz CT molecular complexity index is 2810. The van der Waals surface area contributed by atoms with Gasteiger partial charge in [0.15, 0.2) is 0 Å². The molecule has 0 spiro atoms. The lowest BCUT2D eigenvalue weighted by molar-refractivity contribution is 0.720. The molecule has 0 saturated carbocycles. The third-order valence-electron chi connectivity index (χ3n) is 9.90. The zero-order chi connectivity index (χ0) is 33.8. The maximum Gasteiger partial charge on any atom is 0.0566 e. The van der Waals surface area contributed by atoms with Crippen LogP contribution >= 0.6 is 11.3 Å². The van der Waals surface area contributed by atoms with E-state index in [1.54, 1.807) is 0 Å². The molecule has 1 atom stereocenters. The Labute approximate surface area is 295 Å². The summed E-state index contributed by atoms with van der Waals surface area (Å²) in [5, 5.41) is 11.3. The zero-order valence-electron chi connectivity index (χ0n) is 28.2. The minimum atomic E-state index is 0.211. The van der Waals surface area contributed by atoms with E-state index in [2.05, 4.69) is 167 Å². The first-order valence-corrected chi connectivity index (χ1v) is 18.3. The van der Waals surface area contributed by atoms with Crippen LogP contribution in [-0.2, 0) is 0 Å². The van der Waals surface area contributed by atoms with Gasteiger partial charge in [0.1, 0.15) is 0 Å². The summed E-state index contributed by atoms with van der Waals surface area (Å²) in [6.45, 7) is 8.66. The van der Waals surface area contributed by atoms with E-state index in [0.717, 1.165) is 28.7 Å². The fraction of sp³-hybridized carbons (Fsp3) is 0.0870. The van der Waals surface area contributed by atoms with Crippen LogP contribution in [0.1, 0.15) is 25.8 Å². The van der Waals surface area contributed by atoms with Crippen LogP contribution in [0.4, 0.5) is 0 Å². The van der Waals surface area contributed by atoms with Gasteiger partial charge in [0.05, 0.1) is 16.6 Å². The number of aromatic amines is 1. The highest BCUT2D eigenvalue weighted by atomic mass is 32.1. The number of aromatic nitrogens is 2. The molecule has 0 fully saturated rings. The smallest absolute Gasteiger partial charge is 0.0566 e. The number of thiophene rings is 1. The number of para-hydroxylation sites is 3. The van der Waals surface area contributed by atoms with Gasteiger partial charge < -0.3 is 14.9 Å². The molecule has 0 aliphatic heterocycles. The number of nitrogens with one attached hydrogen (secondary N) is 2. The summed E-state index contributed by atoms with van der Waals surface area (Å²) in [5.74, 6) is 0. The summed E-state index contributed by atoms with van der Waals surface area (Å²) in [4.78, 5) is 3.78. The molecule has 4 heteroatoms. The van der Waals surface area contributed by atoms with Crippen LogP contribution < -0.4 is 5.32 Å². The molecule has 242 valence electrons. The number of H-pyrrole nitrogens is 1. The summed E-state index contributed by atoms with van der Waals surface area (Å²) in [7, 11) is 0. The molecule has 0 bridgehead atoms. The highest BCUT2D eigenvalue weighted by Gasteiger charge is 2.21. The van der Waals surface area contributed by atoms with Gasteiger partial charge in [-0.2, -0.15) is 0 Å². The minimum absolute atomic E-state index is 0.211. The molecule has 0 amide bonds. The van der Waals surface area contributed by atoms with Crippen molar-refractivity contribution in [3.63, 3.8) is 0 Å². The number of allylic oxidation sites excluding steroid dienone is 2. The predicted octanol–water partition coefficient (Wildman–Crippen LogP) is 12.9. The van der Waals surface area contributed by atoms with Crippen molar-refractivity contribution in [2.24, 2.45) is 0 Å². The first-order valence-electron chi connectivity index (χ1n) is 17.5. The first kappa shape index (κ1) is 30.2. The van der Waals surface area contributed by atoms with Crippen molar-refractivity contribution in [1.29, 1.82) is 0 Å². The van der Waals surface area contributed by atoms with Crippen molar-refractivity contribution in [3.8, 4) is 16.8 Å². The molecule has 3 nitrogen and oxygen atoms in total. The van der Waals surface area contributed by atoms with Crippen LogP contribution in [0.3, 0.4) is 0 Å². The molecular formula is C46H37N3S. The van der Waals surface area contributed by atoms with E-state index in [4.69, 9.17) is 0 Å². The van der Waals surface area contributed by atoms with E-state index in [0.29, 0.717) is 0 Å². The molecule has 0 saturated heterocycles. The van der Waals surface area contributed by atoms with Crippen molar-refractivity contribution >= 4 is 80.8 Å². The quantitative estimate of drug-likeness (QED) is 0.189. The van der Waals surface area contributed by atoms with E-state index in [-0.39, 0.29) is 6.04 Å². The lowest BCUT2D eigenvalue weighted by Crippen LogP contribution is -2.25. The Morgan fingerprint density at radius 3 is 2.24 bits per heavy atom. The summed E-state index contributed by atoms with van der Waals surface area (Å²) in [5.41, 5.74) is 10.4. The van der Waals surface area contributed by atoms with Gasteiger partial charge in [-0.15, -0.1) is 11.3 Å². The van der Waals surface area contributed by atoms with Crippen LogP contribution in [0, 0.1) is 0 Å². The van der Waals surface area contributed by atoms with E-state index in [9.17, 15) is 0 Å². The number of rotatable bonds is 5. The molecule has 10 rings (SSSR count). The van der Waals surface area contributed by atoms with Gasteiger partial charge >= 0.3 is 0 Å². The highest BCUT2D eigenvalue weighted by molar-refractivity contribution is 7.26. The predicted molar refractivity (Wildman–Crippen MR) is 219 cm³/mol. The molecule has 3 heterocycles. The molecule has 9 aromatic rings. The number of hydrogen-bond acceptors (Lipinski definition) is 2. The molecule has 3 aromatic heterocycles. The number of hydrogen-bond donors (Lipinski definition) is 2. The molecule has 2 N–H and O–H groups in total. The molecule has 0 radical (unpaired) electrons. The van der Waals surface area contributed by atoms with Crippen molar-refractivity contribution in [3.05, 3.63) is 158 Å². The Morgan fingerprint density at radius 2 is 1.42 bits per heavy atom. The van der Waals surface area contributed by atoms with Gasteiger partial charge in [0.25, 0.3) is 0 Å². The van der Waals surface area contributed by atoms with Crippen LogP contribution in [0.15, 0.2) is 152 Å². The first-order chi connectivity index (χ1) is 24.7. The van der Waals surface area contributed by atoms with Crippen LogP contribution in [0.2, 0.25) is 0 Å². The summed E-state index contributed by atoms with van der Waals surface area (Å²) in [6.07, 6.45) is 9.61. The Kier molecular flexibility index (Phi) is 7.40. The third-order valence-corrected chi connectivity index (χ3v) is 11.0. The van der Waals surface area contributed by atoms with Gasteiger partial charge in [0, 0.05) is 70.2 Å². The maximum absolute atomic E-state index is 4.66. The fourth-order valence-electron chi connectivity index (χ4n) is 7.72. The summed E-state index contributed by atoms with van der Waals surface area (Å²) < 4.78 is 4.93. The molecule has 6 aromatic carbocycles. The SMILES string of the molecule is C=C(NC1C=CC=CC1)c1c2[nH]c3ccccc3c2cc2sc3ccc(-c4ccc5c(c4)c4ccccc4n5-c4ccccc4)cc3c12.CC. The Morgan fingerprint density at radius 1 is 0.700 bits per heavy atom. The molecular weight excluding hydrogens is 627 g/mol. The lowest BCUT2D eigenvalue weighted by atomic mass is 9.96. The number of fused-ring (bicyclic) bond motifs is 9. The topological polar surface area (TPSA) is 32.8 Å². The standard InChI is InChI=1S/C44H31N3S.C2H6/c1-27(45-30-12-4-2-5-13-30)42-43-36-25-29(21-23-40(36)48-41(43)26-35-32-16-8-10-18-37(32)46-44(35)42)28-20-22-39-34(24-28)33-17-9-11-19-38(33)47(39)31-14-6-3-7-15-31;1-2/h2-12,14-26,30,45-46H,1,13H2;1-2H3. The normalized spacial score (nSPS) is 14.2. The van der Waals surface area contributed by atoms with E-state index in [1.807, 2.05) is 25.2 Å².